The number of hydrogen-bond acceptors (Lipinski definition) is 3. The molecule has 1 aromatic rings. The standard InChI is InChI=1S/C21H33NO2/c1-17(2)8-7-9-18(3)12-14-22(4)15-13-19-10-11-20(23-5)21(16-19)24-6/h8,10-12,16H,7,9,13-15H2,1-6H3. The Morgan fingerprint density at radius 1 is 1.04 bits per heavy atom. The second kappa shape index (κ2) is 10.9. The topological polar surface area (TPSA) is 21.7 Å². The van der Waals surface area contributed by atoms with Gasteiger partial charge in [0.2, 0.25) is 0 Å². The van der Waals surface area contributed by atoms with Gasteiger partial charge in [-0.3, -0.25) is 0 Å². The van der Waals surface area contributed by atoms with Crippen LogP contribution in [0, 0.1) is 0 Å². The molecule has 0 bridgehead atoms. The maximum atomic E-state index is 5.36. The van der Waals surface area contributed by atoms with Crippen molar-refractivity contribution >= 4 is 0 Å². The van der Waals surface area contributed by atoms with E-state index in [1.165, 1.54) is 16.7 Å². The van der Waals surface area contributed by atoms with Crippen LogP contribution in [0.2, 0.25) is 0 Å². The summed E-state index contributed by atoms with van der Waals surface area (Å²) in [5.74, 6) is 1.58. The van der Waals surface area contributed by atoms with Crippen molar-refractivity contribution in [3.05, 3.63) is 47.1 Å². The Bertz CT molecular complexity index is 557. The zero-order valence-electron chi connectivity index (χ0n) is 16.2. The first-order valence-corrected chi connectivity index (χ1v) is 8.64. The lowest BCUT2D eigenvalue weighted by Crippen LogP contribution is -2.21. The monoisotopic (exact) mass is 331 g/mol. The summed E-state index contributed by atoms with van der Waals surface area (Å²) in [6.07, 6.45) is 7.93. The molecule has 0 saturated heterocycles. The van der Waals surface area contributed by atoms with Crippen molar-refractivity contribution in [3.8, 4) is 11.5 Å². The molecule has 1 aromatic carbocycles. The molecule has 0 aromatic heterocycles. The molecule has 3 nitrogen and oxygen atoms in total. The fourth-order valence-corrected chi connectivity index (χ4v) is 2.45. The molecule has 0 atom stereocenters. The average Bonchev–Trinajstić information content (AvgIpc) is 2.57. The molecular formula is C21H33NO2. The van der Waals surface area contributed by atoms with E-state index in [2.05, 4.69) is 57.0 Å². The molecule has 3 heteroatoms. The summed E-state index contributed by atoms with van der Waals surface area (Å²) in [5.41, 5.74) is 4.13. The fraction of sp³-hybridized carbons (Fsp3) is 0.524. The van der Waals surface area contributed by atoms with Crippen LogP contribution in [0.4, 0.5) is 0 Å². The van der Waals surface area contributed by atoms with E-state index in [0.29, 0.717) is 0 Å². The van der Waals surface area contributed by atoms with Gasteiger partial charge >= 0.3 is 0 Å². The van der Waals surface area contributed by atoms with Crippen molar-refractivity contribution in [1.29, 1.82) is 0 Å². The first-order valence-electron chi connectivity index (χ1n) is 8.64. The summed E-state index contributed by atoms with van der Waals surface area (Å²) in [6.45, 7) is 8.55. The Balaban J connectivity index is 2.43. The van der Waals surface area contributed by atoms with Crippen LogP contribution in [0.25, 0.3) is 0 Å². The molecule has 0 radical (unpaired) electrons. The van der Waals surface area contributed by atoms with Gasteiger partial charge in [-0.25, -0.2) is 0 Å². The van der Waals surface area contributed by atoms with Crippen LogP contribution in [-0.2, 0) is 6.42 Å². The van der Waals surface area contributed by atoms with E-state index >= 15 is 0 Å². The third kappa shape index (κ3) is 7.69. The minimum absolute atomic E-state index is 0.782. The van der Waals surface area contributed by atoms with Crippen LogP contribution >= 0.6 is 0 Å². The molecule has 1 rings (SSSR count). The average molecular weight is 332 g/mol. The second-order valence-electron chi connectivity index (χ2n) is 6.57. The van der Waals surface area contributed by atoms with Gasteiger partial charge in [-0.1, -0.05) is 29.4 Å². The normalized spacial score (nSPS) is 11.5. The van der Waals surface area contributed by atoms with Crippen LogP contribution in [0.5, 0.6) is 11.5 Å². The molecular weight excluding hydrogens is 298 g/mol. The number of ether oxygens (including phenoxy) is 2. The summed E-state index contributed by atoms with van der Waals surface area (Å²) < 4.78 is 10.6. The largest absolute Gasteiger partial charge is 0.493 e. The third-order valence-corrected chi connectivity index (χ3v) is 4.07. The van der Waals surface area contributed by atoms with Gasteiger partial charge < -0.3 is 14.4 Å². The molecule has 0 N–H and O–H groups in total. The number of likely N-dealkylation sites (N-methyl/N-ethyl adjacent to an activating group) is 1. The summed E-state index contributed by atoms with van der Waals surface area (Å²) in [4.78, 5) is 2.35. The molecule has 0 amide bonds. The molecule has 134 valence electrons. The highest BCUT2D eigenvalue weighted by molar-refractivity contribution is 5.42. The second-order valence-corrected chi connectivity index (χ2v) is 6.57. The molecule has 0 spiro atoms. The van der Waals surface area contributed by atoms with Gasteiger partial charge in [-0.2, -0.15) is 0 Å². The number of nitrogens with zero attached hydrogens (tertiary/aromatic N) is 1. The van der Waals surface area contributed by atoms with Crippen molar-refractivity contribution in [2.45, 2.75) is 40.0 Å². The van der Waals surface area contributed by atoms with Crippen molar-refractivity contribution in [1.82, 2.24) is 4.90 Å². The van der Waals surface area contributed by atoms with Gasteiger partial charge in [0.15, 0.2) is 11.5 Å². The number of hydrogen-bond donors (Lipinski definition) is 0. The molecule has 0 fully saturated rings. The highest BCUT2D eigenvalue weighted by Crippen LogP contribution is 2.27. The van der Waals surface area contributed by atoms with E-state index < -0.39 is 0 Å². The minimum atomic E-state index is 0.782. The van der Waals surface area contributed by atoms with Crippen LogP contribution in [0.15, 0.2) is 41.5 Å². The van der Waals surface area contributed by atoms with Crippen LogP contribution in [0.3, 0.4) is 0 Å². The summed E-state index contributed by atoms with van der Waals surface area (Å²) in [5, 5.41) is 0. The van der Waals surface area contributed by atoms with Gasteiger partial charge in [0.25, 0.3) is 0 Å². The van der Waals surface area contributed by atoms with Crippen LogP contribution < -0.4 is 9.47 Å². The highest BCUT2D eigenvalue weighted by atomic mass is 16.5. The molecule has 0 unspecified atom stereocenters. The number of rotatable bonds is 10. The van der Waals surface area contributed by atoms with Gasteiger partial charge in [0.1, 0.15) is 0 Å². The van der Waals surface area contributed by atoms with Gasteiger partial charge in [0.05, 0.1) is 14.2 Å². The van der Waals surface area contributed by atoms with Crippen molar-refractivity contribution in [2.75, 3.05) is 34.4 Å². The predicted octanol–water partition coefficient (Wildman–Crippen LogP) is 4.87. The molecule has 0 aliphatic heterocycles. The summed E-state index contributed by atoms with van der Waals surface area (Å²) in [6, 6.07) is 6.14. The highest BCUT2D eigenvalue weighted by Gasteiger charge is 2.05. The molecule has 0 aliphatic rings. The Morgan fingerprint density at radius 2 is 1.75 bits per heavy atom. The molecule has 0 aliphatic carbocycles. The van der Waals surface area contributed by atoms with Gasteiger partial charge in [0, 0.05) is 13.1 Å². The van der Waals surface area contributed by atoms with E-state index in [-0.39, 0.29) is 0 Å². The third-order valence-electron chi connectivity index (χ3n) is 4.07. The number of methoxy groups -OCH3 is 2. The zero-order chi connectivity index (χ0) is 17.9. The quantitative estimate of drug-likeness (QED) is 0.571. The Hall–Kier alpha value is -1.74. The van der Waals surface area contributed by atoms with Crippen molar-refractivity contribution < 1.29 is 9.47 Å². The molecule has 24 heavy (non-hydrogen) atoms. The van der Waals surface area contributed by atoms with E-state index in [4.69, 9.17) is 9.47 Å². The van der Waals surface area contributed by atoms with Gasteiger partial charge in [-0.05, 0) is 64.8 Å². The first-order chi connectivity index (χ1) is 11.5. The Kier molecular flexibility index (Phi) is 9.24. The fourth-order valence-electron chi connectivity index (χ4n) is 2.45. The first kappa shape index (κ1) is 20.3. The summed E-state index contributed by atoms with van der Waals surface area (Å²) in [7, 11) is 5.51. The lowest BCUT2D eigenvalue weighted by Gasteiger charge is -2.16. The zero-order valence-corrected chi connectivity index (χ0v) is 16.2. The predicted molar refractivity (Wildman–Crippen MR) is 103 cm³/mol. The van der Waals surface area contributed by atoms with Crippen molar-refractivity contribution in [2.24, 2.45) is 0 Å². The minimum Gasteiger partial charge on any atom is -0.493 e. The van der Waals surface area contributed by atoms with Crippen LogP contribution in [0.1, 0.15) is 39.2 Å². The number of allylic oxidation sites excluding steroid dienone is 3. The summed E-state index contributed by atoms with van der Waals surface area (Å²) >= 11 is 0. The van der Waals surface area contributed by atoms with E-state index in [9.17, 15) is 0 Å². The lowest BCUT2D eigenvalue weighted by atomic mass is 10.1. The SMILES string of the molecule is COc1ccc(CCN(C)CC=C(C)CCC=C(C)C)cc1OC. The Labute approximate surface area is 148 Å². The van der Waals surface area contributed by atoms with Gasteiger partial charge in [-0.15, -0.1) is 0 Å². The molecule has 0 heterocycles. The van der Waals surface area contributed by atoms with Crippen LogP contribution in [-0.4, -0.2) is 39.3 Å². The van der Waals surface area contributed by atoms with E-state index in [1.54, 1.807) is 14.2 Å². The Morgan fingerprint density at radius 3 is 2.38 bits per heavy atom. The lowest BCUT2D eigenvalue weighted by molar-refractivity contribution is 0.353. The maximum absolute atomic E-state index is 5.36. The van der Waals surface area contributed by atoms with Crippen molar-refractivity contribution in [3.63, 3.8) is 0 Å². The smallest absolute Gasteiger partial charge is 0.160 e. The van der Waals surface area contributed by atoms with E-state index in [0.717, 1.165) is 43.9 Å². The van der Waals surface area contributed by atoms with E-state index in [1.807, 2.05) is 6.07 Å². The number of benzene rings is 1. The maximum Gasteiger partial charge on any atom is 0.160 e. The molecule has 0 saturated carbocycles.